The first-order chi connectivity index (χ1) is 6.80. The zero-order chi connectivity index (χ0) is 11.7. The number of alkyl halides is 1. The highest BCUT2D eigenvalue weighted by Gasteiger charge is 2.52. The second-order valence-electron chi connectivity index (χ2n) is 5.01. The van der Waals surface area contributed by atoms with Crippen LogP contribution in [0.25, 0.3) is 0 Å². The summed E-state index contributed by atoms with van der Waals surface area (Å²) in [5.41, 5.74) is -0.426. The van der Waals surface area contributed by atoms with Crippen molar-refractivity contribution in [1.82, 2.24) is 0 Å². The van der Waals surface area contributed by atoms with E-state index >= 15 is 0 Å². The van der Waals surface area contributed by atoms with E-state index in [0.29, 0.717) is 3.82 Å². The highest BCUT2D eigenvalue weighted by molar-refractivity contribution is 14.1. The summed E-state index contributed by atoms with van der Waals surface area (Å²) in [5, 5.41) is 0. The van der Waals surface area contributed by atoms with Gasteiger partial charge in [0.05, 0.1) is 11.2 Å². The molecule has 0 aromatic carbocycles. The molecular formula is C11H20BIO2. The van der Waals surface area contributed by atoms with Crippen LogP contribution in [0.5, 0.6) is 0 Å². The highest BCUT2D eigenvalue weighted by Crippen LogP contribution is 2.39. The largest absolute Gasteiger partial charge is 0.471 e. The van der Waals surface area contributed by atoms with Crippen molar-refractivity contribution in [2.45, 2.75) is 55.6 Å². The molecule has 0 saturated carbocycles. The van der Waals surface area contributed by atoms with Crippen LogP contribution in [-0.4, -0.2) is 22.1 Å². The van der Waals surface area contributed by atoms with Crippen LogP contribution in [-0.2, 0) is 9.31 Å². The lowest BCUT2D eigenvalue weighted by Gasteiger charge is -2.32. The summed E-state index contributed by atoms with van der Waals surface area (Å²) in [4.78, 5) is 0. The Morgan fingerprint density at radius 2 is 1.73 bits per heavy atom. The van der Waals surface area contributed by atoms with Crippen LogP contribution in [0.1, 0.15) is 40.5 Å². The average molecular weight is 322 g/mol. The van der Waals surface area contributed by atoms with Gasteiger partial charge in [0.2, 0.25) is 0 Å². The third kappa shape index (κ3) is 2.97. The Hall–Kier alpha value is 0.455. The average Bonchev–Trinajstić information content (AvgIpc) is 2.32. The van der Waals surface area contributed by atoms with Gasteiger partial charge in [0.15, 0.2) is 0 Å². The van der Waals surface area contributed by atoms with E-state index in [4.69, 9.17) is 9.31 Å². The molecule has 4 heteroatoms. The number of halogens is 1. The predicted molar refractivity (Wildman–Crippen MR) is 73.3 cm³/mol. The topological polar surface area (TPSA) is 18.5 Å². The Morgan fingerprint density at radius 1 is 1.27 bits per heavy atom. The summed E-state index contributed by atoms with van der Waals surface area (Å²) in [7, 11) is -0.0875. The summed E-state index contributed by atoms with van der Waals surface area (Å²) in [6, 6.07) is 0. The summed E-state index contributed by atoms with van der Waals surface area (Å²) < 4.78 is 12.3. The van der Waals surface area contributed by atoms with Crippen molar-refractivity contribution in [3.05, 3.63) is 12.7 Å². The molecule has 0 bridgehead atoms. The Balaban J connectivity index is 2.58. The van der Waals surface area contributed by atoms with E-state index in [2.05, 4.69) is 56.9 Å². The first-order valence-corrected chi connectivity index (χ1v) is 6.65. The first-order valence-electron chi connectivity index (χ1n) is 5.41. The van der Waals surface area contributed by atoms with Crippen LogP contribution in [0.15, 0.2) is 12.7 Å². The van der Waals surface area contributed by atoms with E-state index in [0.717, 1.165) is 12.8 Å². The first kappa shape index (κ1) is 13.5. The summed E-state index contributed by atoms with van der Waals surface area (Å²) >= 11 is 2.40. The van der Waals surface area contributed by atoms with E-state index in [1.165, 1.54) is 0 Å². The van der Waals surface area contributed by atoms with Crippen molar-refractivity contribution >= 4 is 29.7 Å². The molecule has 1 fully saturated rings. The number of rotatable bonds is 4. The molecule has 0 radical (unpaired) electrons. The molecule has 86 valence electrons. The Bertz CT molecular complexity index is 225. The van der Waals surface area contributed by atoms with Gasteiger partial charge in [-0.15, -0.1) is 6.58 Å². The minimum atomic E-state index is -0.213. The predicted octanol–water partition coefficient (Wildman–Crippen LogP) is 3.39. The second kappa shape index (κ2) is 4.76. The molecule has 1 saturated heterocycles. The van der Waals surface area contributed by atoms with Crippen molar-refractivity contribution in [3.63, 3.8) is 0 Å². The summed E-state index contributed by atoms with van der Waals surface area (Å²) in [6.07, 6.45) is 4.01. The van der Waals surface area contributed by atoms with Crippen LogP contribution in [0, 0.1) is 0 Å². The molecule has 1 aliphatic heterocycles. The molecule has 0 aromatic heterocycles. The number of allylic oxidation sites excluding steroid dienone is 1. The van der Waals surface area contributed by atoms with Crippen LogP contribution >= 0.6 is 22.6 Å². The standard InChI is InChI=1S/C11H20BIO2/c1-6-7-8-9(13)12-14-10(2,3)11(4,5)15-12/h6,9H,1,7-8H2,2-5H3. The molecule has 2 nitrogen and oxygen atoms in total. The molecule has 1 atom stereocenters. The summed E-state index contributed by atoms with van der Waals surface area (Å²) in [6.45, 7) is 12.1. The zero-order valence-electron chi connectivity index (χ0n) is 10.0. The third-order valence-corrected chi connectivity index (χ3v) is 4.42. The van der Waals surface area contributed by atoms with Gasteiger partial charge < -0.3 is 9.31 Å². The Labute approximate surface area is 107 Å². The molecule has 1 rings (SSSR count). The Kier molecular flexibility index (Phi) is 4.29. The van der Waals surface area contributed by atoms with E-state index in [-0.39, 0.29) is 18.3 Å². The van der Waals surface area contributed by atoms with Gasteiger partial charge in [-0.1, -0.05) is 28.7 Å². The molecule has 0 amide bonds. The van der Waals surface area contributed by atoms with Crippen molar-refractivity contribution < 1.29 is 9.31 Å². The van der Waals surface area contributed by atoms with Crippen LogP contribution in [0.3, 0.4) is 0 Å². The van der Waals surface area contributed by atoms with Gasteiger partial charge in [0, 0.05) is 3.82 Å². The quantitative estimate of drug-likeness (QED) is 0.342. The van der Waals surface area contributed by atoms with E-state index in [1.54, 1.807) is 0 Å². The second-order valence-corrected chi connectivity index (χ2v) is 6.61. The summed E-state index contributed by atoms with van der Waals surface area (Å²) in [5.74, 6) is 0. The van der Waals surface area contributed by atoms with Crippen LogP contribution < -0.4 is 0 Å². The monoisotopic (exact) mass is 322 g/mol. The maximum Gasteiger partial charge on any atom is 0.471 e. The van der Waals surface area contributed by atoms with E-state index in [1.807, 2.05) is 6.08 Å². The molecule has 1 unspecified atom stereocenters. The van der Waals surface area contributed by atoms with E-state index < -0.39 is 0 Å². The maximum absolute atomic E-state index is 5.96. The molecule has 15 heavy (non-hydrogen) atoms. The van der Waals surface area contributed by atoms with Crippen LogP contribution in [0.2, 0.25) is 0 Å². The van der Waals surface area contributed by atoms with Crippen molar-refractivity contribution in [1.29, 1.82) is 0 Å². The number of hydrogen-bond acceptors (Lipinski definition) is 2. The fraction of sp³-hybridized carbons (Fsp3) is 0.818. The van der Waals surface area contributed by atoms with Gasteiger partial charge >= 0.3 is 7.12 Å². The fourth-order valence-corrected chi connectivity index (χ4v) is 2.10. The van der Waals surface area contributed by atoms with E-state index in [9.17, 15) is 0 Å². The lowest BCUT2D eigenvalue weighted by molar-refractivity contribution is 0.00578. The lowest BCUT2D eigenvalue weighted by atomic mass is 9.82. The molecule has 0 aliphatic carbocycles. The third-order valence-electron chi connectivity index (χ3n) is 3.21. The smallest absolute Gasteiger partial charge is 0.403 e. The highest BCUT2D eigenvalue weighted by atomic mass is 127. The lowest BCUT2D eigenvalue weighted by Crippen LogP contribution is -2.41. The SMILES string of the molecule is C=CCCC(I)B1OC(C)(C)C(C)(C)O1. The zero-order valence-corrected chi connectivity index (χ0v) is 12.2. The van der Waals surface area contributed by atoms with Crippen molar-refractivity contribution in [2.75, 3.05) is 0 Å². The minimum Gasteiger partial charge on any atom is -0.403 e. The van der Waals surface area contributed by atoms with Gasteiger partial charge in [-0.3, -0.25) is 0 Å². The molecule has 0 spiro atoms. The van der Waals surface area contributed by atoms with Gasteiger partial charge in [-0.05, 0) is 40.5 Å². The molecule has 0 aromatic rings. The van der Waals surface area contributed by atoms with Gasteiger partial charge in [-0.2, -0.15) is 0 Å². The molecule has 1 aliphatic rings. The molecule has 1 heterocycles. The van der Waals surface area contributed by atoms with Gasteiger partial charge in [0.25, 0.3) is 0 Å². The van der Waals surface area contributed by atoms with Gasteiger partial charge in [-0.25, -0.2) is 0 Å². The van der Waals surface area contributed by atoms with Crippen molar-refractivity contribution in [2.24, 2.45) is 0 Å². The fourth-order valence-electron chi connectivity index (χ4n) is 1.45. The Morgan fingerprint density at radius 3 is 2.13 bits per heavy atom. The maximum atomic E-state index is 5.96. The van der Waals surface area contributed by atoms with Crippen LogP contribution in [0.4, 0.5) is 0 Å². The number of hydrogen-bond donors (Lipinski definition) is 0. The minimum absolute atomic E-state index is 0.0875. The normalized spacial score (nSPS) is 25.3. The van der Waals surface area contributed by atoms with Gasteiger partial charge in [0.1, 0.15) is 0 Å². The van der Waals surface area contributed by atoms with Crippen molar-refractivity contribution in [3.8, 4) is 0 Å². The molecular weight excluding hydrogens is 302 g/mol. The molecule has 0 N–H and O–H groups in total.